The molecule has 2 unspecified atom stereocenters. The molecule has 36 heavy (non-hydrogen) atoms. The summed E-state index contributed by atoms with van der Waals surface area (Å²) < 4.78 is 10.5. The number of amides is 2. The van der Waals surface area contributed by atoms with E-state index < -0.39 is 6.04 Å². The number of benzene rings is 3. The summed E-state index contributed by atoms with van der Waals surface area (Å²) in [4.78, 5) is 28.3. The smallest absolute Gasteiger partial charge is 0.222 e. The molecule has 3 N–H and O–H groups in total. The molecular formula is C29H31N3O4. The molecule has 0 fully saturated rings. The normalized spacial score (nSPS) is 12.5. The summed E-state index contributed by atoms with van der Waals surface area (Å²) in [5.41, 5.74) is 4.05. The molecule has 4 rings (SSSR count). The lowest BCUT2D eigenvalue weighted by molar-refractivity contribution is -0.122. The van der Waals surface area contributed by atoms with Gasteiger partial charge in [-0.2, -0.15) is 0 Å². The predicted octanol–water partition coefficient (Wildman–Crippen LogP) is 4.70. The SMILES string of the molecule is COc1ccc(C(CC(=O)NCC(c2ccc(OC)cc2)c2c[nH]c3ccccc23)NC(C)=O)cc1. The molecule has 2 amide bonds. The molecule has 4 aromatic rings. The topological polar surface area (TPSA) is 92.4 Å². The molecule has 7 nitrogen and oxygen atoms in total. The number of aromatic amines is 1. The van der Waals surface area contributed by atoms with E-state index in [9.17, 15) is 9.59 Å². The molecule has 1 heterocycles. The Labute approximate surface area is 210 Å². The highest BCUT2D eigenvalue weighted by Crippen LogP contribution is 2.31. The van der Waals surface area contributed by atoms with Gasteiger partial charge in [0.2, 0.25) is 11.8 Å². The van der Waals surface area contributed by atoms with Gasteiger partial charge < -0.3 is 25.1 Å². The van der Waals surface area contributed by atoms with Crippen LogP contribution in [0.1, 0.15) is 42.0 Å². The first-order valence-electron chi connectivity index (χ1n) is 11.9. The fourth-order valence-corrected chi connectivity index (χ4v) is 4.43. The van der Waals surface area contributed by atoms with Crippen molar-refractivity contribution in [2.24, 2.45) is 0 Å². The van der Waals surface area contributed by atoms with Crippen LogP contribution in [0.25, 0.3) is 10.9 Å². The van der Waals surface area contributed by atoms with E-state index in [-0.39, 0.29) is 24.2 Å². The lowest BCUT2D eigenvalue weighted by Gasteiger charge is -2.21. The zero-order chi connectivity index (χ0) is 25.5. The Hall–Kier alpha value is -4.26. The molecule has 186 valence electrons. The van der Waals surface area contributed by atoms with Gasteiger partial charge in [-0.3, -0.25) is 9.59 Å². The largest absolute Gasteiger partial charge is 0.497 e. The van der Waals surface area contributed by atoms with Gasteiger partial charge >= 0.3 is 0 Å². The third kappa shape index (κ3) is 5.86. The average molecular weight is 486 g/mol. The van der Waals surface area contributed by atoms with Crippen molar-refractivity contribution in [1.29, 1.82) is 0 Å². The number of ether oxygens (including phenoxy) is 2. The minimum atomic E-state index is -0.444. The van der Waals surface area contributed by atoms with Gasteiger partial charge in [-0.15, -0.1) is 0 Å². The average Bonchev–Trinajstić information content (AvgIpc) is 3.32. The van der Waals surface area contributed by atoms with Crippen molar-refractivity contribution in [3.8, 4) is 11.5 Å². The summed E-state index contributed by atoms with van der Waals surface area (Å²) in [6, 6.07) is 22.9. The van der Waals surface area contributed by atoms with E-state index in [0.29, 0.717) is 12.3 Å². The first-order valence-corrected chi connectivity index (χ1v) is 11.9. The number of aromatic nitrogens is 1. The van der Waals surface area contributed by atoms with E-state index in [1.165, 1.54) is 6.92 Å². The lowest BCUT2D eigenvalue weighted by Crippen LogP contribution is -2.34. The van der Waals surface area contributed by atoms with Gasteiger partial charge in [0.05, 0.1) is 26.7 Å². The fourth-order valence-electron chi connectivity index (χ4n) is 4.43. The summed E-state index contributed by atoms with van der Waals surface area (Å²) in [5, 5.41) is 7.10. The summed E-state index contributed by atoms with van der Waals surface area (Å²) in [7, 11) is 3.24. The second kappa shape index (κ2) is 11.4. The van der Waals surface area contributed by atoms with E-state index in [2.05, 4.69) is 21.7 Å². The molecule has 3 aromatic carbocycles. The van der Waals surface area contributed by atoms with Crippen molar-refractivity contribution in [2.45, 2.75) is 25.3 Å². The number of hydrogen-bond donors (Lipinski definition) is 3. The zero-order valence-electron chi connectivity index (χ0n) is 20.7. The Bertz CT molecular complexity index is 1310. The highest BCUT2D eigenvalue weighted by molar-refractivity contribution is 5.84. The molecule has 0 aliphatic carbocycles. The van der Waals surface area contributed by atoms with Crippen molar-refractivity contribution < 1.29 is 19.1 Å². The van der Waals surface area contributed by atoms with E-state index in [4.69, 9.17) is 9.47 Å². The first kappa shape index (κ1) is 24.9. The van der Waals surface area contributed by atoms with Crippen molar-refractivity contribution in [2.75, 3.05) is 20.8 Å². The monoisotopic (exact) mass is 485 g/mol. The Morgan fingerprint density at radius 3 is 2.08 bits per heavy atom. The number of carbonyl (C=O) groups excluding carboxylic acids is 2. The number of nitrogens with one attached hydrogen (secondary N) is 3. The van der Waals surface area contributed by atoms with Crippen molar-refractivity contribution in [3.63, 3.8) is 0 Å². The van der Waals surface area contributed by atoms with Crippen LogP contribution >= 0.6 is 0 Å². The predicted molar refractivity (Wildman–Crippen MR) is 140 cm³/mol. The van der Waals surface area contributed by atoms with Crippen LogP contribution in [0.15, 0.2) is 79.0 Å². The van der Waals surface area contributed by atoms with Crippen LogP contribution in [0, 0.1) is 0 Å². The minimum absolute atomic E-state index is 0.0730. The van der Waals surface area contributed by atoms with E-state index in [1.807, 2.05) is 72.9 Å². The number of methoxy groups -OCH3 is 2. The maximum absolute atomic E-state index is 13.1. The van der Waals surface area contributed by atoms with Gasteiger partial charge in [-0.1, -0.05) is 42.5 Å². The maximum Gasteiger partial charge on any atom is 0.222 e. The molecular weight excluding hydrogens is 454 g/mol. The second-order valence-electron chi connectivity index (χ2n) is 8.65. The van der Waals surface area contributed by atoms with E-state index >= 15 is 0 Å². The number of carbonyl (C=O) groups is 2. The first-order chi connectivity index (χ1) is 17.5. The molecule has 0 bridgehead atoms. The van der Waals surface area contributed by atoms with Crippen LogP contribution < -0.4 is 20.1 Å². The lowest BCUT2D eigenvalue weighted by atomic mass is 9.90. The Morgan fingerprint density at radius 2 is 1.47 bits per heavy atom. The van der Waals surface area contributed by atoms with Crippen molar-refractivity contribution in [3.05, 3.63) is 95.7 Å². The maximum atomic E-state index is 13.1. The molecule has 0 radical (unpaired) electrons. The van der Waals surface area contributed by atoms with E-state index in [0.717, 1.165) is 33.3 Å². The molecule has 0 aliphatic rings. The summed E-state index contributed by atoms with van der Waals surface area (Å²) in [6.45, 7) is 1.85. The second-order valence-corrected chi connectivity index (χ2v) is 8.65. The van der Waals surface area contributed by atoms with Crippen molar-refractivity contribution in [1.82, 2.24) is 15.6 Å². The zero-order valence-corrected chi connectivity index (χ0v) is 20.7. The molecule has 7 heteroatoms. The van der Waals surface area contributed by atoms with Gasteiger partial charge in [0, 0.05) is 36.5 Å². The summed E-state index contributed by atoms with van der Waals surface area (Å²) in [5.74, 6) is 1.07. The van der Waals surface area contributed by atoms with Crippen LogP contribution in [0.4, 0.5) is 0 Å². The molecule has 2 atom stereocenters. The number of hydrogen-bond acceptors (Lipinski definition) is 4. The number of fused-ring (bicyclic) bond motifs is 1. The minimum Gasteiger partial charge on any atom is -0.497 e. The van der Waals surface area contributed by atoms with Crippen LogP contribution in [0.5, 0.6) is 11.5 Å². The third-order valence-electron chi connectivity index (χ3n) is 6.30. The highest BCUT2D eigenvalue weighted by Gasteiger charge is 2.22. The molecule has 0 saturated heterocycles. The van der Waals surface area contributed by atoms with Gasteiger partial charge in [0.15, 0.2) is 0 Å². The summed E-state index contributed by atoms with van der Waals surface area (Å²) >= 11 is 0. The molecule has 1 aromatic heterocycles. The number of para-hydroxylation sites is 1. The Balaban J connectivity index is 1.54. The van der Waals surface area contributed by atoms with Crippen LogP contribution in [0.2, 0.25) is 0 Å². The quantitative estimate of drug-likeness (QED) is 0.304. The van der Waals surface area contributed by atoms with Crippen molar-refractivity contribution >= 4 is 22.7 Å². The molecule has 0 saturated carbocycles. The van der Waals surface area contributed by atoms with Gasteiger partial charge in [0.25, 0.3) is 0 Å². The standard InChI is InChI=1S/C29H31N3O4/c1-19(33)32-28(21-10-14-23(36-3)15-11-21)16-29(34)31-17-25(20-8-12-22(35-2)13-9-20)26-18-30-27-7-5-4-6-24(26)27/h4-15,18,25,28,30H,16-17H2,1-3H3,(H,31,34)(H,32,33). The molecule has 0 aliphatic heterocycles. The number of rotatable bonds is 10. The Morgan fingerprint density at radius 1 is 0.861 bits per heavy atom. The van der Waals surface area contributed by atoms with Gasteiger partial charge in [0.1, 0.15) is 11.5 Å². The van der Waals surface area contributed by atoms with Gasteiger partial charge in [-0.25, -0.2) is 0 Å². The van der Waals surface area contributed by atoms with Crippen LogP contribution in [0.3, 0.4) is 0 Å². The Kier molecular flexibility index (Phi) is 7.90. The van der Waals surface area contributed by atoms with Crippen LogP contribution in [-0.2, 0) is 9.59 Å². The van der Waals surface area contributed by atoms with Gasteiger partial charge in [-0.05, 0) is 47.0 Å². The highest BCUT2D eigenvalue weighted by atomic mass is 16.5. The van der Waals surface area contributed by atoms with E-state index in [1.54, 1.807) is 14.2 Å². The fraction of sp³-hybridized carbons (Fsp3) is 0.241. The number of H-pyrrole nitrogens is 1. The third-order valence-corrected chi connectivity index (χ3v) is 6.30. The molecule has 0 spiro atoms. The van der Waals surface area contributed by atoms with Crippen LogP contribution in [-0.4, -0.2) is 37.6 Å². The summed E-state index contributed by atoms with van der Waals surface area (Å²) in [6.07, 6.45) is 2.12.